The Morgan fingerprint density at radius 1 is 0.929 bits per heavy atom. The number of hydrogen-bond acceptors (Lipinski definition) is 5. The van der Waals surface area contributed by atoms with E-state index in [0.29, 0.717) is 17.7 Å². The minimum Gasteiger partial charge on any atom is -0.508 e. The first-order valence-electron chi connectivity index (χ1n) is 14.3. The number of carbonyl (C=O) groups is 3. The molecule has 8 nitrogen and oxygen atoms in total. The summed E-state index contributed by atoms with van der Waals surface area (Å²) in [6.45, 7) is 13.3. The fraction of sp³-hybridized carbons (Fsp3) is 0.382. The van der Waals surface area contributed by atoms with Gasteiger partial charge in [-0.1, -0.05) is 67.1 Å². The molecule has 3 aromatic carbocycles. The standard InChI is InChI=1S/C34H43N3O5/c1-8-19-37(32(40)28(35-33(41)42-34(5,6)7)21-25-15-17-27(38)18-16-25)30(26-14-9-11-22(2)20-26)31(39)36-29-23(3)12-10-13-24(29)4/h9-18,20,28,30,38H,8,19,21H2,1-7H3,(H,35,41)(H,36,39). The minimum absolute atomic E-state index is 0.0945. The SMILES string of the molecule is CCCN(C(=O)C(Cc1ccc(O)cc1)NC(=O)OC(C)(C)C)C(C(=O)Nc1c(C)cccc1C)c1cccc(C)c1. The fourth-order valence-electron chi connectivity index (χ4n) is 4.84. The van der Waals surface area contributed by atoms with Gasteiger partial charge in [-0.05, 0) is 82.3 Å². The highest BCUT2D eigenvalue weighted by molar-refractivity contribution is 6.00. The first kappa shape index (κ1) is 32.2. The third kappa shape index (κ3) is 8.83. The molecule has 2 unspecified atom stereocenters. The molecule has 0 spiro atoms. The molecule has 0 aliphatic rings. The van der Waals surface area contributed by atoms with Crippen molar-refractivity contribution in [3.63, 3.8) is 0 Å². The topological polar surface area (TPSA) is 108 Å². The normalized spacial score (nSPS) is 12.6. The third-order valence-electron chi connectivity index (χ3n) is 6.76. The van der Waals surface area contributed by atoms with Gasteiger partial charge < -0.3 is 25.4 Å². The molecule has 8 heteroatoms. The molecule has 0 saturated heterocycles. The van der Waals surface area contributed by atoms with Crippen LogP contribution in [0, 0.1) is 20.8 Å². The quantitative estimate of drug-likeness (QED) is 0.261. The Morgan fingerprint density at radius 2 is 1.55 bits per heavy atom. The molecule has 0 fully saturated rings. The van der Waals surface area contributed by atoms with Crippen LogP contribution in [0.25, 0.3) is 0 Å². The Bertz CT molecular complexity index is 1370. The van der Waals surface area contributed by atoms with E-state index < -0.39 is 29.7 Å². The van der Waals surface area contributed by atoms with Gasteiger partial charge in [0.25, 0.3) is 5.91 Å². The number of hydrogen-bond donors (Lipinski definition) is 3. The number of para-hydroxylation sites is 1. The van der Waals surface area contributed by atoms with Crippen molar-refractivity contribution in [3.8, 4) is 5.75 Å². The summed E-state index contributed by atoms with van der Waals surface area (Å²) in [6.07, 6.45) is -0.0102. The number of amides is 3. The highest BCUT2D eigenvalue weighted by Gasteiger charge is 2.36. The van der Waals surface area contributed by atoms with E-state index in [2.05, 4.69) is 10.6 Å². The zero-order chi connectivity index (χ0) is 31.0. The van der Waals surface area contributed by atoms with E-state index in [1.807, 2.05) is 70.2 Å². The monoisotopic (exact) mass is 573 g/mol. The summed E-state index contributed by atoms with van der Waals surface area (Å²) in [6, 6.07) is 17.8. The van der Waals surface area contributed by atoms with Crippen molar-refractivity contribution in [2.24, 2.45) is 0 Å². The minimum atomic E-state index is -1.03. The summed E-state index contributed by atoms with van der Waals surface area (Å²) < 4.78 is 5.49. The lowest BCUT2D eigenvalue weighted by atomic mass is 9.98. The van der Waals surface area contributed by atoms with E-state index >= 15 is 0 Å². The highest BCUT2D eigenvalue weighted by atomic mass is 16.6. The van der Waals surface area contributed by atoms with Crippen LogP contribution in [0.5, 0.6) is 5.75 Å². The molecule has 0 aliphatic carbocycles. The molecule has 224 valence electrons. The Morgan fingerprint density at radius 3 is 2.12 bits per heavy atom. The molecule has 3 amide bonds. The van der Waals surface area contributed by atoms with E-state index in [4.69, 9.17) is 4.74 Å². The first-order valence-corrected chi connectivity index (χ1v) is 14.3. The van der Waals surface area contributed by atoms with Crippen molar-refractivity contribution < 1.29 is 24.2 Å². The molecule has 42 heavy (non-hydrogen) atoms. The summed E-state index contributed by atoms with van der Waals surface area (Å²) in [5, 5.41) is 15.6. The van der Waals surface area contributed by atoms with Crippen LogP contribution in [0.2, 0.25) is 0 Å². The Balaban J connectivity index is 2.07. The molecule has 0 aliphatic heterocycles. The maximum Gasteiger partial charge on any atom is 0.408 e. The van der Waals surface area contributed by atoms with Gasteiger partial charge in [0, 0.05) is 18.7 Å². The van der Waals surface area contributed by atoms with E-state index in [0.717, 1.165) is 22.3 Å². The molecule has 2 atom stereocenters. The van der Waals surface area contributed by atoms with Gasteiger partial charge in [-0.2, -0.15) is 0 Å². The predicted molar refractivity (Wildman–Crippen MR) is 165 cm³/mol. The second-order valence-corrected chi connectivity index (χ2v) is 11.7. The van der Waals surface area contributed by atoms with E-state index in [-0.39, 0.29) is 24.6 Å². The maximum absolute atomic E-state index is 14.4. The van der Waals surface area contributed by atoms with Gasteiger partial charge in [0.15, 0.2) is 0 Å². The number of ether oxygens (including phenoxy) is 1. The number of phenolic OH excluding ortho intramolecular Hbond substituents is 1. The van der Waals surface area contributed by atoms with Crippen LogP contribution in [0.1, 0.15) is 68.0 Å². The summed E-state index contributed by atoms with van der Waals surface area (Å²) in [5.41, 5.74) is 4.11. The molecule has 0 bridgehead atoms. The van der Waals surface area contributed by atoms with E-state index in [1.165, 1.54) is 12.1 Å². The van der Waals surface area contributed by atoms with Gasteiger partial charge in [-0.15, -0.1) is 0 Å². The number of nitrogens with zero attached hydrogens (tertiary/aromatic N) is 1. The number of aryl methyl sites for hydroxylation is 3. The van der Waals surface area contributed by atoms with Gasteiger partial charge >= 0.3 is 6.09 Å². The van der Waals surface area contributed by atoms with Crippen molar-refractivity contribution in [2.75, 3.05) is 11.9 Å². The molecule has 3 rings (SSSR count). The van der Waals surface area contributed by atoms with Crippen molar-refractivity contribution >= 4 is 23.6 Å². The second-order valence-electron chi connectivity index (χ2n) is 11.7. The summed E-state index contributed by atoms with van der Waals surface area (Å²) in [5.74, 6) is -0.670. The van der Waals surface area contributed by atoms with Crippen molar-refractivity contribution in [2.45, 2.75) is 79.0 Å². The summed E-state index contributed by atoms with van der Waals surface area (Å²) in [7, 11) is 0. The molecule has 3 N–H and O–H groups in total. The zero-order valence-electron chi connectivity index (χ0n) is 25.7. The molecular weight excluding hydrogens is 530 g/mol. The van der Waals surface area contributed by atoms with Crippen LogP contribution >= 0.6 is 0 Å². The third-order valence-corrected chi connectivity index (χ3v) is 6.76. The van der Waals surface area contributed by atoms with Gasteiger partial charge in [-0.25, -0.2) is 4.79 Å². The van der Waals surface area contributed by atoms with Gasteiger partial charge in [-0.3, -0.25) is 9.59 Å². The summed E-state index contributed by atoms with van der Waals surface area (Å²) in [4.78, 5) is 43.0. The molecule has 0 saturated carbocycles. The molecule has 0 aromatic heterocycles. The van der Waals surface area contributed by atoms with Crippen molar-refractivity contribution in [1.82, 2.24) is 10.2 Å². The lowest BCUT2D eigenvalue weighted by Gasteiger charge is -2.34. The number of rotatable bonds is 10. The number of phenols is 1. The van der Waals surface area contributed by atoms with Gasteiger partial charge in [0.2, 0.25) is 5.91 Å². The lowest BCUT2D eigenvalue weighted by molar-refractivity contribution is -0.140. The average molecular weight is 574 g/mol. The Hall–Kier alpha value is -4.33. The zero-order valence-corrected chi connectivity index (χ0v) is 25.7. The van der Waals surface area contributed by atoms with Gasteiger partial charge in [0.05, 0.1) is 0 Å². The van der Waals surface area contributed by atoms with E-state index in [9.17, 15) is 19.5 Å². The lowest BCUT2D eigenvalue weighted by Crippen LogP contribution is -2.53. The first-order chi connectivity index (χ1) is 19.8. The number of nitrogens with one attached hydrogen (secondary N) is 2. The molecule has 0 radical (unpaired) electrons. The van der Waals surface area contributed by atoms with Crippen LogP contribution in [0.15, 0.2) is 66.7 Å². The van der Waals surface area contributed by atoms with Crippen LogP contribution in [0.3, 0.4) is 0 Å². The second kappa shape index (κ2) is 14.0. The van der Waals surface area contributed by atoms with Crippen molar-refractivity contribution in [1.29, 1.82) is 0 Å². The van der Waals surface area contributed by atoms with Crippen molar-refractivity contribution in [3.05, 3.63) is 94.5 Å². The molecule has 0 heterocycles. The number of aromatic hydroxyl groups is 1. The predicted octanol–water partition coefficient (Wildman–Crippen LogP) is 6.37. The molecule has 3 aromatic rings. The largest absolute Gasteiger partial charge is 0.508 e. The molecular formula is C34H43N3O5. The van der Waals surface area contributed by atoms with E-state index in [1.54, 1.807) is 37.8 Å². The number of alkyl carbamates (subject to hydrolysis) is 1. The highest BCUT2D eigenvalue weighted by Crippen LogP contribution is 2.28. The average Bonchev–Trinajstić information content (AvgIpc) is 2.90. The van der Waals surface area contributed by atoms with Crippen LogP contribution < -0.4 is 10.6 Å². The number of anilines is 1. The Kier molecular flexibility index (Phi) is 10.8. The maximum atomic E-state index is 14.4. The smallest absolute Gasteiger partial charge is 0.408 e. The summed E-state index contributed by atoms with van der Waals surface area (Å²) >= 11 is 0. The number of benzene rings is 3. The van der Waals surface area contributed by atoms with Gasteiger partial charge in [0.1, 0.15) is 23.4 Å². The fourth-order valence-corrected chi connectivity index (χ4v) is 4.84. The number of carbonyl (C=O) groups excluding carboxylic acids is 3. The Labute approximate surface area is 249 Å². The van der Waals surface area contributed by atoms with Crippen LogP contribution in [-0.2, 0) is 20.7 Å². The van der Waals surface area contributed by atoms with Crippen LogP contribution in [-0.4, -0.2) is 46.1 Å². The van der Waals surface area contributed by atoms with Crippen LogP contribution in [0.4, 0.5) is 10.5 Å².